The maximum absolute atomic E-state index is 13.7. The number of aryl methyl sites for hydroxylation is 1. The highest BCUT2D eigenvalue weighted by molar-refractivity contribution is 7.92. The van der Waals surface area contributed by atoms with Crippen molar-refractivity contribution in [3.05, 3.63) is 88.2 Å². The summed E-state index contributed by atoms with van der Waals surface area (Å²) in [5.74, 6) is -4.18. The molecule has 1 heterocycles. The third kappa shape index (κ3) is 4.90. The van der Waals surface area contributed by atoms with Gasteiger partial charge in [-0.15, -0.1) is 0 Å². The lowest BCUT2D eigenvalue weighted by molar-refractivity contribution is -0.252. The van der Waals surface area contributed by atoms with Crippen molar-refractivity contribution in [1.29, 1.82) is 0 Å². The summed E-state index contributed by atoms with van der Waals surface area (Å²) in [5, 5.41) is 34.4. The quantitative estimate of drug-likeness (QED) is 0.326. The highest BCUT2D eigenvalue weighted by atomic mass is 35.5. The number of nitrogens with zero attached hydrogens (tertiary/aromatic N) is 1. The number of aliphatic hydroxyl groups is 3. The van der Waals surface area contributed by atoms with E-state index in [0.717, 1.165) is 18.2 Å². The third-order valence-corrected chi connectivity index (χ3v) is 10.7. The number of amides is 1. The highest BCUT2D eigenvalue weighted by Crippen LogP contribution is 2.58. The van der Waals surface area contributed by atoms with Crippen molar-refractivity contribution in [1.82, 2.24) is 4.98 Å². The number of carbonyl (C=O) groups excluding carboxylic acids is 1. The molecule has 0 spiro atoms. The molecule has 2 aromatic carbocycles. The van der Waals surface area contributed by atoms with Crippen LogP contribution in [0, 0.1) is 30.4 Å². The zero-order valence-electron chi connectivity index (χ0n) is 21.3. The lowest BCUT2D eigenvalue weighted by atomic mass is 9.51. The first-order valence-corrected chi connectivity index (χ1v) is 14.6. The van der Waals surface area contributed by atoms with Gasteiger partial charge in [0.15, 0.2) is 21.5 Å². The van der Waals surface area contributed by atoms with E-state index < -0.39 is 62.3 Å². The van der Waals surface area contributed by atoms with Crippen LogP contribution in [0.15, 0.2) is 59.5 Å². The van der Waals surface area contributed by atoms with E-state index in [0.29, 0.717) is 12.1 Å². The second-order valence-electron chi connectivity index (χ2n) is 10.5. The fourth-order valence-corrected chi connectivity index (χ4v) is 8.30. The van der Waals surface area contributed by atoms with Crippen LogP contribution in [0.5, 0.6) is 0 Å². The van der Waals surface area contributed by atoms with Gasteiger partial charge in [-0.05, 0) is 80.5 Å². The molecule has 0 aliphatic heterocycles. The van der Waals surface area contributed by atoms with Gasteiger partial charge in [-0.1, -0.05) is 17.7 Å². The van der Waals surface area contributed by atoms with E-state index in [9.17, 15) is 37.3 Å². The second-order valence-corrected chi connectivity index (χ2v) is 13.1. The van der Waals surface area contributed by atoms with Crippen molar-refractivity contribution in [2.24, 2.45) is 11.8 Å². The summed E-state index contributed by atoms with van der Waals surface area (Å²) in [6.45, 7) is 1.73. The minimum atomic E-state index is -4.08. The molecule has 4 N–H and O–H groups in total. The molecule has 4 atom stereocenters. The Bertz CT molecular complexity index is 1570. The van der Waals surface area contributed by atoms with Gasteiger partial charge in [0.25, 0.3) is 5.91 Å². The number of aliphatic hydroxyl groups excluding tert-OH is 2. The minimum Gasteiger partial charge on any atom is -0.387 e. The topological polar surface area (TPSA) is 137 Å². The Labute approximate surface area is 234 Å². The van der Waals surface area contributed by atoms with Crippen LogP contribution in [0.1, 0.15) is 47.1 Å². The summed E-state index contributed by atoms with van der Waals surface area (Å²) in [6.07, 6.45) is -2.51. The first-order valence-electron chi connectivity index (χ1n) is 12.6. The molecule has 3 aliphatic carbocycles. The van der Waals surface area contributed by atoms with E-state index in [1.165, 1.54) is 18.2 Å². The van der Waals surface area contributed by atoms with Crippen molar-refractivity contribution >= 4 is 33.0 Å². The Kier molecular flexibility index (Phi) is 7.47. The van der Waals surface area contributed by atoms with Crippen LogP contribution >= 0.6 is 11.6 Å². The summed E-state index contributed by atoms with van der Waals surface area (Å²) in [6, 6.07) is 11.5. The summed E-state index contributed by atoms with van der Waals surface area (Å²) < 4.78 is 54.0. The van der Waals surface area contributed by atoms with Gasteiger partial charge in [-0.3, -0.25) is 9.78 Å². The predicted octanol–water partition coefficient (Wildman–Crippen LogP) is 3.97. The van der Waals surface area contributed by atoms with Crippen LogP contribution < -0.4 is 5.32 Å². The molecule has 212 valence electrons. The van der Waals surface area contributed by atoms with Gasteiger partial charge in [-0.2, -0.15) is 0 Å². The van der Waals surface area contributed by atoms with Crippen LogP contribution in [0.25, 0.3) is 0 Å². The zero-order chi connectivity index (χ0) is 29.0. The molecule has 3 aliphatic rings. The first kappa shape index (κ1) is 28.6. The number of sulfone groups is 1. The lowest BCUT2D eigenvalue weighted by Gasteiger charge is -2.60. The smallest absolute Gasteiger partial charge is 0.255 e. The van der Waals surface area contributed by atoms with E-state index in [1.54, 1.807) is 25.1 Å². The Hall–Kier alpha value is -2.96. The van der Waals surface area contributed by atoms with Gasteiger partial charge in [0.2, 0.25) is 0 Å². The first-order chi connectivity index (χ1) is 18.8. The number of benzene rings is 2. The molecule has 3 fully saturated rings. The van der Waals surface area contributed by atoms with E-state index in [-0.39, 0.29) is 39.7 Å². The number of hydrogen-bond acceptors (Lipinski definition) is 7. The molecule has 3 aromatic rings. The van der Waals surface area contributed by atoms with Crippen molar-refractivity contribution in [3.63, 3.8) is 0 Å². The number of halogens is 3. The Balaban J connectivity index is 1.34. The maximum atomic E-state index is 13.7. The Morgan fingerprint density at radius 2 is 1.75 bits per heavy atom. The fraction of sp³-hybridized carbons (Fsp3) is 0.357. The SMILES string of the molecule is Cc1cccc(C(O)C(O)C2(O)C3CC2CC(S(=O)(=O)c2cc(C(=O)Nc4ccc(F)c(F)c4)ccc2Cl)C3)n1. The molecule has 1 amide bonds. The fourth-order valence-electron chi connectivity index (χ4n) is 5.89. The van der Waals surface area contributed by atoms with Crippen molar-refractivity contribution in [3.8, 4) is 0 Å². The van der Waals surface area contributed by atoms with E-state index in [2.05, 4.69) is 10.3 Å². The number of hydrogen-bond donors (Lipinski definition) is 4. The normalized spacial score (nSPS) is 25.5. The summed E-state index contributed by atoms with van der Waals surface area (Å²) in [4.78, 5) is 16.7. The van der Waals surface area contributed by atoms with Crippen molar-refractivity contribution < 1.29 is 37.3 Å². The molecule has 0 radical (unpaired) electrons. The van der Waals surface area contributed by atoms with Gasteiger partial charge < -0.3 is 20.6 Å². The molecule has 12 heteroatoms. The predicted molar refractivity (Wildman–Crippen MR) is 142 cm³/mol. The summed E-state index contributed by atoms with van der Waals surface area (Å²) in [7, 11) is -4.08. The average molecular weight is 593 g/mol. The molecule has 1 aromatic heterocycles. The van der Waals surface area contributed by atoms with Crippen LogP contribution in [0.2, 0.25) is 5.02 Å². The third-order valence-electron chi connectivity index (χ3n) is 8.07. The molecule has 3 saturated carbocycles. The molecule has 6 rings (SSSR count). The molecule has 0 saturated heterocycles. The molecule has 4 unspecified atom stereocenters. The Morgan fingerprint density at radius 1 is 1.05 bits per heavy atom. The van der Waals surface area contributed by atoms with E-state index in [1.807, 2.05) is 0 Å². The van der Waals surface area contributed by atoms with Gasteiger partial charge >= 0.3 is 0 Å². The number of rotatable bonds is 7. The van der Waals surface area contributed by atoms with E-state index >= 15 is 0 Å². The average Bonchev–Trinajstić information content (AvgIpc) is 2.93. The second kappa shape index (κ2) is 10.5. The van der Waals surface area contributed by atoms with Gasteiger partial charge in [0.1, 0.15) is 12.2 Å². The standard InChI is InChI=1S/C28H27ClF2N2O6S/c1-14-3-2-4-23(32-14)25(34)26(35)28(37)16-10-17(28)12-19(11-16)40(38,39)24-9-15(5-7-20(24)29)27(36)33-18-6-8-21(30)22(31)13-18/h2-9,13,16-17,19,25-26,34-35,37H,10-12H2,1H3,(H,33,36). The number of pyridine rings is 1. The molecule has 2 bridgehead atoms. The van der Waals surface area contributed by atoms with Gasteiger partial charge in [-0.25, -0.2) is 17.2 Å². The van der Waals surface area contributed by atoms with Crippen LogP contribution in [-0.4, -0.2) is 51.6 Å². The van der Waals surface area contributed by atoms with Gasteiger partial charge in [0.05, 0.1) is 26.5 Å². The lowest BCUT2D eigenvalue weighted by Crippen LogP contribution is -2.68. The molecule has 40 heavy (non-hydrogen) atoms. The number of aromatic nitrogens is 1. The van der Waals surface area contributed by atoms with Gasteiger partial charge in [0, 0.05) is 23.0 Å². The maximum Gasteiger partial charge on any atom is 0.255 e. The number of carbonyl (C=O) groups is 1. The number of anilines is 1. The molecule has 8 nitrogen and oxygen atoms in total. The largest absolute Gasteiger partial charge is 0.387 e. The van der Waals surface area contributed by atoms with Crippen LogP contribution in [-0.2, 0) is 9.84 Å². The molecular weight excluding hydrogens is 566 g/mol. The minimum absolute atomic E-state index is 0.0158. The van der Waals surface area contributed by atoms with Crippen LogP contribution in [0.3, 0.4) is 0 Å². The zero-order valence-corrected chi connectivity index (χ0v) is 22.8. The molecular formula is C28H27ClF2N2O6S. The Morgan fingerprint density at radius 3 is 2.40 bits per heavy atom. The van der Waals surface area contributed by atoms with Crippen molar-refractivity contribution in [2.45, 2.75) is 54.1 Å². The summed E-state index contributed by atoms with van der Waals surface area (Å²) in [5.41, 5.74) is -0.924. The number of fused-ring (bicyclic) bond motifs is 2. The van der Waals surface area contributed by atoms with Crippen molar-refractivity contribution in [2.75, 3.05) is 5.32 Å². The van der Waals surface area contributed by atoms with Crippen LogP contribution in [0.4, 0.5) is 14.5 Å². The number of nitrogens with one attached hydrogen (secondary N) is 1. The monoisotopic (exact) mass is 592 g/mol. The van der Waals surface area contributed by atoms with E-state index in [4.69, 9.17) is 11.6 Å². The summed E-state index contributed by atoms with van der Waals surface area (Å²) >= 11 is 6.25. The highest BCUT2D eigenvalue weighted by Gasteiger charge is 2.64.